The summed E-state index contributed by atoms with van der Waals surface area (Å²) in [5, 5.41) is 0.605. The lowest BCUT2D eigenvalue weighted by Gasteiger charge is -2.32. The minimum absolute atomic E-state index is 0.138. The molecular weight excluding hydrogens is 501 g/mol. The van der Waals surface area contributed by atoms with Crippen LogP contribution in [0.3, 0.4) is 0 Å². The highest BCUT2D eigenvalue weighted by Crippen LogP contribution is 2.44. The van der Waals surface area contributed by atoms with E-state index in [-0.39, 0.29) is 19.0 Å². The summed E-state index contributed by atoms with van der Waals surface area (Å²) < 4.78 is 32.0. The van der Waals surface area contributed by atoms with Gasteiger partial charge in [0, 0.05) is 18.5 Å². The van der Waals surface area contributed by atoms with Crippen LogP contribution in [0, 0.1) is 5.82 Å². The van der Waals surface area contributed by atoms with E-state index in [1.54, 1.807) is 18.2 Å². The molecule has 2 aromatic carbocycles. The van der Waals surface area contributed by atoms with Crippen LogP contribution in [0.5, 0.6) is 5.88 Å². The summed E-state index contributed by atoms with van der Waals surface area (Å²) in [6, 6.07) is 14.6. The highest BCUT2D eigenvalue weighted by atomic mass is 19.1. The van der Waals surface area contributed by atoms with Crippen LogP contribution in [0.15, 0.2) is 59.3 Å². The predicted octanol–water partition coefficient (Wildman–Crippen LogP) is 5.58. The molecule has 0 spiro atoms. The monoisotopic (exact) mass is 531 g/mol. The van der Waals surface area contributed by atoms with Crippen molar-refractivity contribution < 1.29 is 27.9 Å². The smallest absolute Gasteiger partial charge is 0.313 e. The Hall–Kier alpha value is -4.11. The van der Waals surface area contributed by atoms with Gasteiger partial charge in [0.05, 0.1) is 5.56 Å². The lowest BCUT2D eigenvalue weighted by molar-refractivity contribution is -0.151. The minimum atomic E-state index is -0.525. The van der Waals surface area contributed by atoms with Crippen LogP contribution in [-0.4, -0.2) is 53.0 Å². The van der Waals surface area contributed by atoms with Crippen LogP contribution in [0.25, 0.3) is 33.6 Å². The number of aryl methyl sites for hydroxylation is 1. The summed E-state index contributed by atoms with van der Waals surface area (Å²) in [4.78, 5) is 32.9. The molecule has 0 aliphatic carbocycles. The minimum Gasteiger partial charge on any atom is -0.472 e. The van der Waals surface area contributed by atoms with E-state index >= 15 is 0 Å². The Kier molecular flexibility index (Phi) is 8.27. The molecule has 5 rings (SSSR count). The average molecular weight is 532 g/mol. The number of furan rings is 1. The number of hydrogen-bond acceptors (Lipinski definition) is 8. The zero-order valence-corrected chi connectivity index (χ0v) is 21.8. The molecule has 8 nitrogen and oxygen atoms in total. The zero-order chi connectivity index (χ0) is 27.2. The van der Waals surface area contributed by atoms with Crippen molar-refractivity contribution in [2.45, 2.75) is 45.1 Å². The van der Waals surface area contributed by atoms with Gasteiger partial charge in [0.15, 0.2) is 0 Å². The molecule has 1 fully saturated rings. The summed E-state index contributed by atoms with van der Waals surface area (Å²) in [5.74, 6) is -0.144. The van der Waals surface area contributed by atoms with Crippen LogP contribution in [0.1, 0.15) is 38.2 Å². The molecule has 0 radical (unpaired) electrons. The van der Waals surface area contributed by atoms with Gasteiger partial charge in [-0.1, -0.05) is 43.3 Å². The number of nitrogens with zero attached hydrogens (tertiary/aromatic N) is 3. The maximum Gasteiger partial charge on any atom is 0.313 e. The van der Waals surface area contributed by atoms with Crippen molar-refractivity contribution in [1.29, 1.82) is 0 Å². The van der Waals surface area contributed by atoms with Crippen LogP contribution >= 0.6 is 0 Å². The Bertz CT molecular complexity index is 1450. The molecule has 0 unspecified atom stereocenters. The van der Waals surface area contributed by atoms with Crippen molar-refractivity contribution in [2.75, 3.05) is 19.6 Å². The number of aromatic nitrogens is 2. The normalized spacial score (nSPS) is 15.8. The number of halogens is 1. The maximum atomic E-state index is 15.0. The van der Waals surface area contributed by atoms with Gasteiger partial charge in [-0.05, 0) is 62.0 Å². The fraction of sp³-hybridized carbons (Fsp3) is 0.333. The molecular formula is C30H30FN3O5. The number of hydrogen-bond donors (Lipinski definition) is 0. The average Bonchev–Trinajstić information content (AvgIpc) is 3.34. The lowest BCUT2D eigenvalue weighted by atomic mass is 9.98. The Labute approximate surface area is 225 Å². The second-order valence-corrected chi connectivity index (χ2v) is 9.57. The third-order valence-corrected chi connectivity index (χ3v) is 7.00. The van der Waals surface area contributed by atoms with Gasteiger partial charge in [0.1, 0.15) is 29.4 Å². The Morgan fingerprint density at radius 1 is 1.18 bits per heavy atom. The first-order valence-corrected chi connectivity index (χ1v) is 13.2. The summed E-state index contributed by atoms with van der Waals surface area (Å²) >= 11 is 0. The first-order valence-electron chi connectivity index (χ1n) is 13.2. The van der Waals surface area contributed by atoms with Gasteiger partial charge in [-0.15, -0.1) is 0 Å². The van der Waals surface area contributed by atoms with Gasteiger partial charge in [-0.2, -0.15) is 0 Å². The van der Waals surface area contributed by atoms with Crippen LogP contribution in [0.2, 0.25) is 0 Å². The first-order chi connectivity index (χ1) is 19.1. The molecule has 1 aliphatic rings. The Balaban J connectivity index is 1.46. The first kappa shape index (κ1) is 26.5. The molecule has 9 heteroatoms. The van der Waals surface area contributed by atoms with E-state index in [4.69, 9.17) is 9.15 Å². The molecule has 0 amide bonds. The highest BCUT2D eigenvalue weighted by molar-refractivity contribution is 6.03. The fourth-order valence-electron chi connectivity index (χ4n) is 5.04. The second-order valence-electron chi connectivity index (χ2n) is 9.57. The quantitative estimate of drug-likeness (QED) is 0.149. The van der Waals surface area contributed by atoms with Gasteiger partial charge < -0.3 is 13.9 Å². The lowest BCUT2D eigenvalue weighted by Crippen LogP contribution is -2.41. The van der Waals surface area contributed by atoms with Crippen LogP contribution < -0.4 is 4.74 Å². The van der Waals surface area contributed by atoms with E-state index in [0.717, 1.165) is 31.4 Å². The molecule has 202 valence electrons. The third kappa shape index (κ3) is 5.98. The van der Waals surface area contributed by atoms with Crippen LogP contribution in [0.4, 0.5) is 4.39 Å². The summed E-state index contributed by atoms with van der Waals surface area (Å²) in [6.07, 6.45) is 4.70. The molecule has 3 heterocycles. The second kappa shape index (κ2) is 12.2. The molecule has 0 saturated carbocycles. The molecule has 0 N–H and O–H groups in total. The van der Waals surface area contributed by atoms with Gasteiger partial charge in [-0.25, -0.2) is 14.4 Å². The van der Waals surface area contributed by atoms with E-state index in [1.165, 1.54) is 18.0 Å². The molecule has 0 bridgehead atoms. The molecule has 1 aliphatic heterocycles. The van der Waals surface area contributed by atoms with E-state index in [0.29, 0.717) is 53.4 Å². The number of carbonyl (C=O) groups is 2. The van der Waals surface area contributed by atoms with Crippen molar-refractivity contribution in [1.82, 2.24) is 14.9 Å². The largest absolute Gasteiger partial charge is 0.472 e. The summed E-state index contributed by atoms with van der Waals surface area (Å²) in [7, 11) is 0. The number of carbonyl (C=O) groups excluding carboxylic acids is 2. The standard InChI is InChI=1S/C30H30FN3O5/c1-2-20-11-13-21(14-12-20)26-27-29(32-18-33-30(27)39-28(26)23-8-3-4-9-24(23)31)38-22-7-5-15-34(17-22)16-6-10-25(36)37-19-35/h3-4,8-9,11-14,18-19,22H,2,5-7,10,15-17H2,1H3/t22-/m1/s1. The van der Waals surface area contributed by atoms with E-state index < -0.39 is 11.8 Å². The van der Waals surface area contributed by atoms with Crippen molar-refractivity contribution >= 4 is 23.5 Å². The van der Waals surface area contributed by atoms with E-state index in [1.807, 2.05) is 24.3 Å². The fourth-order valence-corrected chi connectivity index (χ4v) is 5.04. The molecule has 1 saturated heterocycles. The number of piperidine rings is 1. The topological polar surface area (TPSA) is 94.8 Å². The van der Waals surface area contributed by atoms with Crippen LogP contribution in [-0.2, 0) is 20.7 Å². The Morgan fingerprint density at radius 3 is 2.77 bits per heavy atom. The van der Waals surface area contributed by atoms with Crippen molar-refractivity contribution in [3.8, 4) is 28.3 Å². The molecule has 1 atom stereocenters. The number of esters is 1. The molecule has 39 heavy (non-hydrogen) atoms. The van der Waals surface area contributed by atoms with Crippen molar-refractivity contribution in [3.63, 3.8) is 0 Å². The zero-order valence-electron chi connectivity index (χ0n) is 21.8. The summed E-state index contributed by atoms with van der Waals surface area (Å²) in [6.45, 7) is 4.49. The molecule has 4 aromatic rings. The third-order valence-electron chi connectivity index (χ3n) is 7.00. The predicted molar refractivity (Wildman–Crippen MR) is 143 cm³/mol. The number of ether oxygens (including phenoxy) is 2. The number of benzene rings is 2. The Morgan fingerprint density at radius 2 is 2.00 bits per heavy atom. The summed E-state index contributed by atoms with van der Waals surface area (Å²) in [5.41, 5.74) is 3.40. The van der Waals surface area contributed by atoms with Crippen molar-refractivity contribution in [3.05, 3.63) is 66.2 Å². The maximum absolute atomic E-state index is 15.0. The number of likely N-dealkylation sites (tertiary alicyclic amines) is 1. The van der Waals surface area contributed by atoms with Gasteiger partial charge in [0.25, 0.3) is 0 Å². The molecule has 2 aromatic heterocycles. The SMILES string of the molecule is CCc1ccc(-c2c(-c3ccccc3F)oc3ncnc(O[C@@H]4CCCN(CCCC(=O)OC=O)C4)c23)cc1. The highest BCUT2D eigenvalue weighted by Gasteiger charge is 2.27. The van der Waals surface area contributed by atoms with Gasteiger partial charge >= 0.3 is 12.4 Å². The van der Waals surface area contributed by atoms with Crippen molar-refractivity contribution in [2.24, 2.45) is 0 Å². The number of rotatable bonds is 10. The van der Waals surface area contributed by atoms with E-state index in [2.05, 4.69) is 26.5 Å². The van der Waals surface area contributed by atoms with Gasteiger partial charge in [-0.3, -0.25) is 14.5 Å². The van der Waals surface area contributed by atoms with E-state index in [9.17, 15) is 14.0 Å². The number of fused-ring (bicyclic) bond motifs is 1. The van der Waals surface area contributed by atoms with Gasteiger partial charge in [0.2, 0.25) is 11.6 Å².